The van der Waals surface area contributed by atoms with E-state index in [-0.39, 0.29) is 5.88 Å². The topological polar surface area (TPSA) is 39.2 Å². The second-order valence-electron chi connectivity index (χ2n) is 2.87. The van der Waals surface area contributed by atoms with Gasteiger partial charge in [-0.1, -0.05) is 18.2 Å². The van der Waals surface area contributed by atoms with Gasteiger partial charge < -0.3 is 4.74 Å². The van der Waals surface area contributed by atoms with Crippen LogP contribution in [0.15, 0.2) is 48.7 Å². The van der Waals surface area contributed by atoms with Gasteiger partial charge in [-0.3, -0.25) is 4.79 Å². The summed E-state index contributed by atoms with van der Waals surface area (Å²) in [6, 6.07) is 12.5. The Bertz CT molecular complexity index is 454. The minimum atomic E-state index is 0.277. The van der Waals surface area contributed by atoms with Crippen molar-refractivity contribution in [3.63, 3.8) is 0 Å². The monoisotopic (exact) mass is 198 g/mol. The highest BCUT2D eigenvalue weighted by Gasteiger charge is 2.04. The van der Waals surface area contributed by atoms with E-state index in [1.54, 1.807) is 36.7 Å². The first-order valence-electron chi connectivity index (χ1n) is 4.46. The van der Waals surface area contributed by atoms with Crippen molar-refractivity contribution in [1.29, 1.82) is 0 Å². The lowest BCUT2D eigenvalue weighted by Gasteiger charge is -2.04. The summed E-state index contributed by atoms with van der Waals surface area (Å²) in [5.74, 6) is 0.923. The molecule has 3 nitrogen and oxygen atoms in total. The van der Waals surface area contributed by atoms with Crippen LogP contribution >= 0.6 is 0 Å². The van der Waals surface area contributed by atoms with Crippen molar-refractivity contribution in [3.05, 3.63) is 54.2 Å². The van der Waals surface area contributed by atoms with Crippen molar-refractivity contribution in [2.24, 2.45) is 0 Å². The molecule has 0 saturated heterocycles. The van der Waals surface area contributed by atoms with E-state index in [0.29, 0.717) is 11.3 Å². The molecule has 1 radical (unpaired) electrons. The van der Waals surface area contributed by atoms with Gasteiger partial charge in [-0.25, -0.2) is 4.98 Å². The molecule has 0 aliphatic carbocycles. The average Bonchev–Trinajstić information content (AvgIpc) is 2.31. The average molecular weight is 198 g/mol. The van der Waals surface area contributed by atoms with Crippen LogP contribution in [0, 0.1) is 0 Å². The zero-order chi connectivity index (χ0) is 10.5. The Morgan fingerprint density at radius 2 is 1.87 bits per heavy atom. The first-order valence-corrected chi connectivity index (χ1v) is 4.46. The van der Waals surface area contributed by atoms with E-state index in [1.165, 1.54) is 0 Å². The Labute approximate surface area is 87.3 Å². The van der Waals surface area contributed by atoms with Crippen LogP contribution in [-0.2, 0) is 4.79 Å². The predicted octanol–water partition coefficient (Wildman–Crippen LogP) is 2.33. The van der Waals surface area contributed by atoms with Crippen LogP contribution in [0.4, 0.5) is 0 Å². The van der Waals surface area contributed by atoms with Gasteiger partial charge in [-0.15, -0.1) is 0 Å². The third-order valence-corrected chi connectivity index (χ3v) is 1.84. The molecule has 0 aliphatic heterocycles. The lowest BCUT2D eigenvalue weighted by atomic mass is 10.3. The van der Waals surface area contributed by atoms with Gasteiger partial charge in [0.15, 0.2) is 0 Å². The predicted molar refractivity (Wildman–Crippen MR) is 55.5 cm³/mol. The second-order valence-corrected chi connectivity index (χ2v) is 2.87. The standard InChI is InChI=1S/C12H8NO2/c14-9-10-5-4-8-13-12(10)15-11-6-2-1-3-7-11/h1-8H. The molecule has 0 aliphatic rings. The fourth-order valence-corrected chi connectivity index (χ4v) is 1.15. The van der Waals surface area contributed by atoms with Gasteiger partial charge in [0.05, 0.1) is 5.56 Å². The molecule has 2 rings (SSSR count). The van der Waals surface area contributed by atoms with Crippen LogP contribution in [0.3, 0.4) is 0 Å². The summed E-state index contributed by atoms with van der Waals surface area (Å²) in [7, 11) is 0. The quantitative estimate of drug-likeness (QED) is 0.759. The Balaban J connectivity index is 2.28. The molecule has 0 unspecified atom stereocenters. The Hall–Kier alpha value is -2.16. The largest absolute Gasteiger partial charge is 0.438 e. The molecule has 2 aromatic rings. The fourth-order valence-electron chi connectivity index (χ4n) is 1.15. The van der Waals surface area contributed by atoms with Gasteiger partial charge in [0.2, 0.25) is 12.2 Å². The van der Waals surface area contributed by atoms with Crippen LogP contribution in [0.25, 0.3) is 0 Å². The lowest BCUT2D eigenvalue weighted by Crippen LogP contribution is -1.92. The number of para-hydroxylation sites is 1. The van der Waals surface area contributed by atoms with Gasteiger partial charge in [0.25, 0.3) is 0 Å². The number of carbonyl (C=O) groups excluding carboxylic acids is 1. The van der Waals surface area contributed by atoms with E-state index >= 15 is 0 Å². The number of rotatable bonds is 3. The molecule has 0 atom stereocenters. The van der Waals surface area contributed by atoms with E-state index in [9.17, 15) is 4.79 Å². The number of benzene rings is 1. The SMILES string of the molecule is O=[C]c1cccnc1Oc1ccccc1. The number of hydrogen-bond donors (Lipinski definition) is 0. The zero-order valence-corrected chi connectivity index (χ0v) is 7.88. The molecule has 0 N–H and O–H groups in total. The number of hydrogen-bond acceptors (Lipinski definition) is 3. The maximum absolute atomic E-state index is 10.6. The van der Waals surface area contributed by atoms with Crippen molar-refractivity contribution in [2.45, 2.75) is 0 Å². The van der Waals surface area contributed by atoms with Gasteiger partial charge in [-0.05, 0) is 24.3 Å². The smallest absolute Gasteiger partial charge is 0.239 e. The zero-order valence-electron chi connectivity index (χ0n) is 7.88. The van der Waals surface area contributed by atoms with Crippen molar-refractivity contribution in [1.82, 2.24) is 4.98 Å². The molecular formula is C12H8NO2. The maximum Gasteiger partial charge on any atom is 0.239 e. The van der Waals surface area contributed by atoms with E-state index < -0.39 is 0 Å². The van der Waals surface area contributed by atoms with Crippen LogP contribution < -0.4 is 4.74 Å². The highest BCUT2D eigenvalue weighted by atomic mass is 16.5. The number of ether oxygens (including phenoxy) is 1. The first kappa shape index (κ1) is 9.40. The van der Waals surface area contributed by atoms with E-state index in [2.05, 4.69) is 4.98 Å². The normalized spacial score (nSPS) is 9.60. The van der Waals surface area contributed by atoms with Crippen LogP contribution in [0.2, 0.25) is 0 Å². The van der Waals surface area contributed by atoms with Crippen molar-refractivity contribution in [2.75, 3.05) is 0 Å². The molecule has 15 heavy (non-hydrogen) atoms. The van der Waals surface area contributed by atoms with Crippen LogP contribution in [0.1, 0.15) is 5.56 Å². The molecular weight excluding hydrogens is 190 g/mol. The highest BCUT2D eigenvalue weighted by Crippen LogP contribution is 2.20. The molecule has 0 saturated carbocycles. The van der Waals surface area contributed by atoms with Gasteiger partial charge >= 0.3 is 0 Å². The number of nitrogens with zero attached hydrogens (tertiary/aromatic N) is 1. The molecule has 3 heteroatoms. The van der Waals surface area contributed by atoms with Gasteiger partial charge in [0, 0.05) is 6.20 Å². The Morgan fingerprint density at radius 3 is 2.60 bits per heavy atom. The van der Waals surface area contributed by atoms with E-state index in [1.807, 2.05) is 18.2 Å². The minimum Gasteiger partial charge on any atom is -0.438 e. The Kier molecular flexibility index (Phi) is 2.74. The summed E-state index contributed by atoms with van der Waals surface area (Å²) >= 11 is 0. The van der Waals surface area contributed by atoms with Crippen LogP contribution in [-0.4, -0.2) is 11.3 Å². The van der Waals surface area contributed by atoms with E-state index in [4.69, 9.17) is 4.74 Å². The number of aromatic nitrogens is 1. The van der Waals surface area contributed by atoms with Crippen molar-refractivity contribution in [3.8, 4) is 11.6 Å². The molecule has 0 fully saturated rings. The molecule has 1 aromatic carbocycles. The molecule has 1 aromatic heterocycles. The fraction of sp³-hybridized carbons (Fsp3) is 0. The van der Waals surface area contributed by atoms with Gasteiger partial charge in [0.1, 0.15) is 5.75 Å². The lowest BCUT2D eigenvalue weighted by molar-refractivity contribution is 0.460. The van der Waals surface area contributed by atoms with Crippen LogP contribution in [0.5, 0.6) is 11.6 Å². The molecule has 73 valence electrons. The summed E-state index contributed by atoms with van der Waals surface area (Å²) in [5.41, 5.74) is 0.321. The molecule has 0 amide bonds. The number of pyridine rings is 1. The molecule has 0 spiro atoms. The first-order chi connectivity index (χ1) is 7.40. The third kappa shape index (κ3) is 2.20. The van der Waals surface area contributed by atoms with E-state index in [0.717, 1.165) is 0 Å². The highest BCUT2D eigenvalue weighted by molar-refractivity contribution is 5.78. The molecule has 0 bridgehead atoms. The summed E-state index contributed by atoms with van der Waals surface area (Å²) in [6.45, 7) is 0. The van der Waals surface area contributed by atoms with Crippen molar-refractivity contribution < 1.29 is 9.53 Å². The summed E-state index contributed by atoms with van der Waals surface area (Å²) in [6.07, 6.45) is 3.35. The van der Waals surface area contributed by atoms with Crippen molar-refractivity contribution >= 4 is 6.29 Å². The Morgan fingerprint density at radius 1 is 1.07 bits per heavy atom. The summed E-state index contributed by atoms with van der Waals surface area (Å²) in [4.78, 5) is 14.5. The third-order valence-electron chi connectivity index (χ3n) is 1.84. The second kappa shape index (κ2) is 4.37. The summed E-state index contributed by atoms with van der Waals surface area (Å²) in [5, 5.41) is 0. The van der Waals surface area contributed by atoms with Gasteiger partial charge in [-0.2, -0.15) is 0 Å². The molecule has 1 heterocycles. The summed E-state index contributed by atoms with van der Waals surface area (Å²) < 4.78 is 5.43. The minimum absolute atomic E-state index is 0.277. The maximum atomic E-state index is 10.6.